The van der Waals surface area contributed by atoms with Crippen LogP contribution in [0.5, 0.6) is 11.5 Å². The lowest BCUT2D eigenvalue weighted by atomic mass is 9.86. The second-order valence-corrected chi connectivity index (χ2v) is 12.1. The number of carbonyl (C=O) groups excluding carboxylic acids is 1. The molecule has 0 bridgehead atoms. The Bertz CT molecular complexity index is 1090. The van der Waals surface area contributed by atoms with Crippen LogP contribution in [-0.4, -0.2) is 35.0 Å². The van der Waals surface area contributed by atoms with Gasteiger partial charge in [0.2, 0.25) is 0 Å². The number of hydrogen-bond donors (Lipinski definition) is 0. The molecule has 2 aromatic rings. The molecule has 2 unspecified atom stereocenters. The first kappa shape index (κ1) is 31.4. The fourth-order valence-electron chi connectivity index (χ4n) is 6.05. The first-order valence-electron chi connectivity index (χ1n) is 15.0. The van der Waals surface area contributed by atoms with Crippen molar-refractivity contribution in [3.05, 3.63) is 41.7 Å². The van der Waals surface area contributed by atoms with Gasteiger partial charge >= 0.3 is 5.97 Å². The Morgan fingerprint density at radius 3 is 2.79 bits per heavy atom. The van der Waals surface area contributed by atoms with Crippen LogP contribution in [0.4, 0.5) is 0 Å². The zero-order chi connectivity index (χ0) is 27.1. The highest BCUT2D eigenvalue weighted by atomic mass is 35.5. The van der Waals surface area contributed by atoms with E-state index in [4.69, 9.17) is 9.47 Å². The molecule has 1 aromatic carbocycles. The predicted octanol–water partition coefficient (Wildman–Crippen LogP) is 8.51. The van der Waals surface area contributed by atoms with Crippen LogP contribution in [0.1, 0.15) is 110 Å². The Balaban J connectivity index is 0.00000420. The van der Waals surface area contributed by atoms with Crippen molar-refractivity contribution in [2.75, 3.05) is 13.1 Å². The number of esters is 1. The Hall–Kier alpha value is -2.11. The molecular formula is C33H49ClN2O3. The number of rotatable bonds is 12. The van der Waals surface area contributed by atoms with Crippen molar-refractivity contribution in [3.8, 4) is 22.6 Å². The molecule has 1 aromatic heterocycles. The first-order chi connectivity index (χ1) is 18.3. The van der Waals surface area contributed by atoms with Gasteiger partial charge in [0.25, 0.3) is 0 Å². The Labute approximate surface area is 242 Å². The number of piperidine rings is 1. The Morgan fingerprint density at radius 1 is 1.21 bits per heavy atom. The zero-order valence-corrected chi connectivity index (χ0v) is 25.6. The van der Waals surface area contributed by atoms with Crippen molar-refractivity contribution in [1.82, 2.24) is 9.88 Å². The molecule has 1 fully saturated rings. The van der Waals surface area contributed by atoms with Crippen molar-refractivity contribution in [2.24, 2.45) is 5.92 Å². The van der Waals surface area contributed by atoms with Crippen molar-refractivity contribution in [2.45, 2.75) is 117 Å². The number of carbonyl (C=O) groups is 1. The van der Waals surface area contributed by atoms with Gasteiger partial charge in [0, 0.05) is 36.0 Å². The third-order valence-corrected chi connectivity index (χ3v) is 8.45. The quantitative estimate of drug-likeness (QED) is 0.149. The second-order valence-electron chi connectivity index (χ2n) is 12.1. The second kappa shape index (κ2) is 14.5. The van der Waals surface area contributed by atoms with Gasteiger partial charge in [-0.15, -0.1) is 12.4 Å². The zero-order valence-electron chi connectivity index (χ0n) is 24.8. The summed E-state index contributed by atoms with van der Waals surface area (Å²) in [5.74, 6) is 1.90. The smallest absolute Gasteiger partial charge is 0.311 e. The maximum Gasteiger partial charge on any atom is 0.311 e. The van der Waals surface area contributed by atoms with E-state index in [-0.39, 0.29) is 18.4 Å². The van der Waals surface area contributed by atoms with E-state index in [1.54, 1.807) is 6.20 Å². The number of hydrogen-bond acceptors (Lipinski definition) is 5. The van der Waals surface area contributed by atoms with E-state index in [9.17, 15) is 4.79 Å². The van der Waals surface area contributed by atoms with E-state index < -0.39 is 5.60 Å². The number of benzene rings is 1. The topological polar surface area (TPSA) is 51.7 Å². The number of ether oxygens (including phenoxy) is 2. The first-order valence-corrected chi connectivity index (χ1v) is 15.0. The highest BCUT2D eigenvalue weighted by Gasteiger charge is 2.35. The molecule has 2 aliphatic rings. The molecule has 0 aliphatic carbocycles. The van der Waals surface area contributed by atoms with Gasteiger partial charge in [-0.3, -0.25) is 9.78 Å². The summed E-state index contributed by atoms with van der Waals surface area (Å²) < 4.78 is 12.7. The van der Waals surface area contributed by atoms with Crippen LogP contribution in [0.2, 0.25) is 0 Å². The fourth-order valence-corrected chi connectivity index (χ4v) is 6.05. The minimum atomic E-state index is -0.482. The van der Waals surface area contributed by atoms with E-state index in [2.05, 4.69) is 56.6 Å². The number of unbranched alkanes of at least 4 members (excludes halogenated alkanes) is 2. The molecule has 0 spiro atoms. The summed E-state index contributed by atoms with van der Waals surface area (Å²) in [4.78, 5) is 20.0. The van der Waals surface area contributed by atoms with Gasteiger partial charge in [-0.2, -0.15) is 0 Å². The molecule has 2 atom stereocenters. The Kier molecular flexibility index (Phi) is 11.7. The lowest BCUT2D eigenvalue weighted by molar-refractivity contribution is -0.134. The monoisotopic (exact) mass is 556 g/mol. The van der Waals surface area contributed by atoms with Crippen molar-refractivity contribution in [1.29, 1.82) is 0 Å². The molecule has 0 N–H and O–H groups in total. The number of nitrogens with zero attached hydrogens (tertiary/aromatic N) is 2. The highest BCUT2D eigenvalue weighted by molar-refractivity contribution is 5.85. The third kappa shape index (κ3) is 8.20. The number of fused-ring (bicyclic) bond motifs is 3. The lowest BCUT2D eigenvalue weighted by Crippen LogP contribution is -2.38. The molecule has 1 saturated heterocycles. The Morgan fingerprint density at radius 2 is 2.03 bits per heavy atom. The number of halogens is 1. The fraction of sp³-hybridized carbons (Fsp3) is 0.636. The standard InChI is InChI=1S/C33H48N2O3.ClH/c1-6-7-8-12-24(2)15-16-26-21-29(37-31(36)14-11-20-35-19-10-9-13-25(35)3)32-27-23-34-18-17-28(27)33(4,5)38-30(32)22-26;/h17-18,21-25H,6-16,19-20H2,1-5H3;1H. The lowest BCUT2D eigenvalue weighted by Gasteiger charge is -2.35. The maximum atomic E-state index is 13.1. The average Bonchev–Trinajstić information content (AvgIpc) is 2.88. The summed E-state index contributed by atoms with van der Waals surface area (Å²) in [6.07, 6.45) is 15.9. The SMILES string of the molecule is CCCCCC(C)CCc1cc(OC(=O)CCCN2CCCCC2C)c2c(c1)OC(C)(C)c1ccncc1-2.Cl. The van der Waals surface area contributed by atoms with Crippen LogP contribution >= 0.6 is 12.4 Å². The number of likely N-dealkylation sites (tertiary alicyclic amines) is 1. The molecule has 4 rings (SSSR count). The number of aryl methyl sites for hydroxylation is 1. The van der Waals surface area contributed by atoms with Gasteiger partial charge in [0.1, 0.15) is 17.1 Å². The molecular weight excluding hydrogens is 508 g/mol. The summed E-state index contributed by atoms with van der Waals surface area (Å²) in [5, 5.41) is 0. The van der Waals surface area contributed by atoms with Crippen LogP contribution < -0.4 is 9.47 Å². The molecule has 3 heterocycles. The van der Waals surface area contributed by atoms with E-state index in [1.807, 2.05) is 12.3 Å². The molecule has 2 aliphatic heterocycles. The van der Waals surface area contributed by atoms with Crippen molar-refractivity contribution >= 4 is 18.4 Å². The summed E-state index contributed by atoms with van der Waals surface area (Å²) in [6, 6.07) is 6.84. The largest absolute Gasteiger partial charge is 0.482 e. The van der Waals surface area contributed by atoms with Crippen LogP contribution in [0.3, 0.4) is 0 Å². The molecule has 0 amide bonds. The number of pyridine rings is 1. The van der Waals surface area contributed by atoms with E-state index in [0.29, 0.717) is 24.1 Å². The number of aromatic nitrogens is 1. The minimum absolute atomic E-state index is 0. The van der Waals surface area contributed by atoms with Gasteiger partial charge in [-0.05, 0) is 95.6 Å². The van der Waals surface area contributed by atoms with E-state index in [0.717, 1.165) is 54.8 Å². The van der Waals surface area contributed by atoms with Gasteiger partial charge in [0.15, 0.2) is 0 Å². The van der Waals surface area contributed by atoms with Crippen LogP contribution in [-0.2, 0) is 16.8 Å². The minimum Gasteiger partial charge on any atom is -0.482 e. The van der Waals surface area contributed by atoms with Gasteiger partial charge in [0.05, 0.1) is 5.56 Å². The third-order valence-electron chi connectivity index (χ3n) is 8.45. The van der Waals surface area contributed by atoms with E-state index >= 15 is 0 Å². The normalized spacial score (nSPS) is 18.7. The van der Waals surface area contributed by atoms with Crippen LogP contribution in [0.15, 0.2) is 30.6 Å². The molecule has 216 valence electrons. The molecule has 39 heavy (non-hydrogen) atoms. The summed E-state index contributed by atoms with van der Waals surface area (Å²) in [5.41, 5.74) is 3.59. The van der Waals surface area contributed by atoms with Crippen LogP contribution in [0, 0.1) is 5.92 Å². The highest BCUT2D eigenvalue weighted by Crippen LogP contribution is 2.49. The summed E-state index contributed by atoms with van der Waals surface area (Å²) in [7, 11) is 0. The van der Waals surface area contributed by atoms with Crippen LogP contribution in [0.25, 0.3) is 11.1 Å². The summed E-state index contributed by atoms with van der Waals surface area (Å²) in [6.45, 7) is 13.2. The van der Waals surface area contributed by atoms with Crippen molar-refractivity contribution < 1.29 is 14.3 Å². The average molecular weight is 557 g/mol. The van der Waals surface area contributed by atoms with Gasteiger partial charge in [-0.1, -0.05) is 46.0 Å². The molecule has 0 radical (unpaired) electrons. The van der Waals surface area contributed by atoms with Gasteiger partial charge < -0.3 is 14.4 Å². The van der Waals surface area contributed by atoms with E-state index in [1.165, 1.54) is 50.5 Å². The summed E-state index contributed by atoms with van der Waals surface area (Å²) >= 11 is 0. The van der Waals surface area contributed by atoms with Crippen molar-refractivity contribution in [3.63, 3.8) is 0 Å². The maximum absolute atomic E-state index is 13.1. The molecule has 5 nitrogen and oxygen atoms in total. The van der Waals surface area contributed by atoms with Gasteiger partial charge in [-0.25, -0.2) is 0 Å². The predicted molar refractivity (Wildman–Crippen MR) is 162 cm³/mol. The molecule has 6 heteroatoms. The molecule has 0 saturated carbocycles.